The minimum Gasteiger partial charge on any atom is -0.489 e. The monoisotopic (exact) mass is 365 g/mol. The molecule has 0 N–H and O–H groups in total. The molecule has 2 rings (SSSR count). The number of rotatable bonds is 3. The van der Waals surface area contributed by atoms with Gasteiger partial charge in [0, 0.05) is 8.95 Å². The average Bonchev–Trinajstić information content (AvgIpc) is 2.38. The smallest absolute Gasteiger partial charge is 0.121 e. The number of hydrogen-bond acceptors (Lipinski definition) is 2. The maximum Gasteiger partial charge on any atom is 0.121 e. The summed E-state index contributed by atoms with van der Waals surface area (Å²) in [6.07, 6.45) is 0. The highest BCUT2D eigenvalue weighted by Gasteiger charge is 2.02. The van der Waals surface area contributed by atoms with Crippen molar-refractivity contribution in [2.75, 3.05) is 0 Å². The summed E-state index contributed by atoms with van der Waals surface area (Å²) < 4.78 is 7.45. The van der Waals surface area contributed by atoms with E-state index in [1.165, 1.54) is 0 Å². The van der Waals surface area contributed by atoms with Crippen LogP contribution in [0.4, 0.5) is 0 Å². The van der Waals surface area contributed by atoms with E-state index in [2.05, 4.69) is 37.9 Å². The molecule has 0 heterocycles. The predicted octanol–water partition coefficient (Wildman–Crippen LogP) is 4.66. The zero-order valence-electron chi connectivity index (χ0n) is 9.36. The van der Waals surface area contributed by atoms with E-state index in [-0.39, 0.29) is 0 Å². The predicted molar refractivity (Wildman–Crippen MR) is 77.3 cm³/mol. The van der Waals surface area contributed by atoms with Gasteiger partial charge < -0.3 is 4.74 Å². The van der Waals surface area contributed by atoms with E-state index in [0.717, 1.165) is 20.3 Å². The lowest BCUT2D eigenvalue weighted by atomic mass is 10.2. The van der Waals surface area contributed by atoms with Crippen LogP contribution in [0.5, 0.6) is 5.75 Å². The Morgan fingerprint density at radius 3 is 2.39 bits per heavy atom. The highest BCUT2D eigenvalue weighted by Crippen LogP contribution is 2.23. The number of halogens is 2. The van der Waals surface area contributed by atoms with Crippen molar-refractivity contribution < 1.29 is 4.74 Å². The normalized spacial score (nSPS) is 9.83. The molecule has 4 heteroatoms. The molecule has 0 aliphatic heterocycles. The molecule has 2 nitrogen and oxygen atoms in total. The molecule has 0 bridgehead atoms. The minimum atomic E-state index is 0.506. The summed E-state index contributed by atoms with van der Waals surface area (Å²) in [6, 6.07) is 15.4. The summed E-state index contributed by atoms with van der Waals surface area (Å²) in [7, 11) is 0. The van der Waals surface area contributed by atoms with Crippen LogP contribution in [0.15, 0.2) is 51.4 Å². The van der Waals surface area contributed by atoms with Crippen LogP contribution in [-0.4, -0.2) is 0 Å². The third-order valence-electron chi connectivity index (χ3n) is 2.38. The van der Waals surface area contributed by atoms with Crippen molar-refractivity contribution in [2.24, 2.45) is 0 Å². The highest BCUT2D eigenvalue weighted by molar-refractivity contribution is 9.10. The molecule has 0 saturated heterocycles. The van der Waals surface area contributed by atoms with Crippen molar-refractivity contribution in [1.29, 1.82) is 5.26 Å². The second-order valence-corrected chi connectivity index (χ2v) is 5.44. The molecule has 0 saturated carbocycles. The van der Waals surface area contributed by atoms with Crippen molar-refractivity contribution in [3.63, 3.8) is 0 Å². The number of ether oxygens (including phenoxy) is 1. The molecule has 0 aliphatic rings. The van der Waals surface area contributed by atoms with Gasteiger partial charge in [-0.05, 0) is 51.8 Å². The van der Waals surface area contributed by atoms with Gasteiger partial charge in [-0.3, -0.25) is 0 Å². The molecule has 0 fully saturated rings. The number of nitriles is 1. The molecule has 0 atom stereocenters. The quantitative estimate of drug-likeness (QED) is 0.791. The third kappa shape index (κ3) is 3.34. The van der Waals surface area contributed by atoms with E-state index in [9.17, 15) is 0 Å². The first kappa shape index (κ1) is 13.1. The molecular weight excluding hydrogens is 358 g/mol. The van der Waals surface area contributed by atoms with E-state index >= 15 is 0 Å². The molecule has 2 aromatic rings. The molecule has 0 spiro atoms. The molecular formula is C14H9Br2NO. The SMILES string of the molecule is N#Cc1ccc(OCc2ccc(Br)cc2)cc1Br. The maximum atomic E-state index is 8.82. The van der Waals surface area contributed by atoms with Gasteiger partial charge in [-0.15, -0.1) is 0 Å². The lowest BCUT2D eigenvalue weighted by Crippen LogP contribution is -1.95. The van der Waals surface area contributed by atoms with Crippen LogP contribution in [0.1, 0.15) is 11.1 Å². The lowest BCUT2D eigenvalue weighted by molar-refractivity contribution is 0.306. The Hall–Kier alpha value is -1.31. The molecule has 18 heavy (non-hydrogen) atoms. The Bertz CT molecular complexity index is 588. The molecule has 0 amide bonds. The van der Waals surface area contributed by atoms with E-state index in [4.69, 9.17) is 10.00 Å². The first-order valence-electron chi connectivity index (χ1n) is 5.26. The van der Waals surface area contributed by atoms with Crippen LogP contribution in [0.3, 0.4) is 0 Å². The van der Waals surface area contributed by atoms with E-state index < -0.39 is 0 Å². The van der Waals surface area contributed by atoms with Crippen LogP contribution in [0.25, 0.3) is 0 Å². The maximum absolute atomic E-state index is 8.82. The fraction of sp³-hybridized carbons (Fsp3) is 0.0714. The van der Waals surface area contributed by atoms with Gasteiger partial charge in [0.25, 0.3) is 0 Å². The van der Waals surface area contributed by atoms with Crippen molar-refractivity contribution in [1.82, 2.24) is 0 Å². The second-order valence-electron chi connectivity index (χ2n) is 3.67. The Morgan fingerprint density at radius 2 is 1.78 bits per heavy atom. The van der Waals surface area contributed by atoms with Gasteiger partial charge in [-0.2, -0.15) is 5.26 Å². The van der Waals surface area contributed by atoms with Crippen LogP contribution >= 0.6 is 31.9 Å². The second kappa shape index (κ2) is 6.03. The fourth-order valence-electron chi connectivity index (χ4n) is 1.42. The van der Waals surface area contributed by atoms with E-state index in [0.29, 0.717) is 12.2 Å². The summed E-state index contributed by atoms with van der Waals surface area (Å²) in [5.74, 6) is 0.740. The summed E-state index contributed by atoms with van der Waals surface area (Å²) >= 11 is 6.72. The van der Waals surface area contributed by atoms with Gasteiger partial charge in [0.05, 0.1) is 5.56 Å². The Labute approximate surface area is 122 Å². The molecule has 0 aromatic heterocycles. The van der Waals surface area contributed by atoms with Gasteiger partial charge in [0.2, 0.25) is 0 Å². The molecule has 2 aromatic carbocycles. The summed E-state index contributed by atoms with van der Waals surface area (Å²) in [5.41, 5.74) is 1.70. The van der Waals surface area contributed by atoms with Crippen LogP contribution in [0.2, 0.25) is 0 Å². The van der Waals surface area contributed by atoms with Crippen LogP contribution in [0, 0.1) is 11.3 Å². The molecule has 90 valence electrons. The lowest BCUT2D eigenvalue weighted by Gasteiger charge is -2.07. The molecule has 0 radical (unpaired) electrons. The minimum absolute atomic E-state index is 0.506. The van der Waals surface area contributed by atoms with Gasteiger partial charge >= 0.3 is 0 Å². The summed E-state index contributed by atoms with van der Waals surface area (Å²) in [6.45, 7) is 0.506. The highest BCUT2D eigenvalue weighted by atomic mass is 79.9. The third-order valence-corrected chi connectivity index (χ3v) is 3.56. The van der Waals surface area contributed by atoms with Gasteiger partial charge in [-0.1, -0.05) is 28.1 Å². The zero-order chi connectivity index (χ0) is 13.0. The average molecular weight is 367 g/mol. The van der Waals surface area contributed by atoms with E-state index in [1.807, 2.05) is 24.3 Å². The summed E-state index contributed by atoms with van der Waals surface area (Å²) in [4.78, 5) is 0. The van der Waals surface area contributed by atoms with Crippen LogP contribution in [-0.2, 0) is 6.61 Å². The first-order chi connectivity index (χ1) is 8.69. The van der Waals surface area contributed by atoms with Crippen LogP contribution < -0.4 is 4.74 Å². The Kier molecular flexibility index (Phi) is 4.40. The fourth-order valence-corrected chi connectivity index (χ4v) is 2.13. The van der Waals surface area contributed by atoms with Crippen molar-refractivity contribution in [2.45, 2.75) is 6.61 Å². The van der Waals surface area contributed by atoms with Gasteiger partial charge in [-0.25, -0.2) is 0 Å². The first-order valence-corrected chi connectivity index (χ1v) is 6.84. The largest absolute Gasteiger partial charge is 0.489 e. The number of hydrogen-bond donors (Lipinski definition) is 0. The van der Waals surface area contributed by atoms with Gasteiger partial charge in [0.1, 0.15) is 18.4 Å². The summed E-state index contributed by atoms with van der Waals surface area (Å²) in [5, 5.41) is 8.82. The van der Waals surface area contributed by atoms with Crippen molar-refractivity contribution in [3.05, 3.63) is 62.5 Å². The standard InChI is InChI=1S/C14H9Br2NO/c15-12-4-1-10(2-5-12)9-18-13-6-3-11(8-17)14(16)7-13/h1-7H,9H2. The molecule has 0 unspecified atom stereocenters. The topological polar surface area (TPSA) is 33.0 Å². The van der Waals surface area contributed by atoms with Gasteiger partial charge in [0.15, 0.2) is 0 Å². The number of nitrogens with zero attached hydrogens (tertiary/aromatic N) is 1. The molecule has 0 aliphatic carbocycles. The number of benzene rings is 2. The Balaban J connectivity index is 2.04. The van der Waals surface area contributed by atoms with Crippen molar-refractivity contribution in [3.8, 4) is 11.8 Å². The van der Waals surface area contributed by atoms with Crippen molar-refractivity contribution >= 4 is 31.9 Å². The Morgan fingerprint density at radius 1 is 1.06 bits per heavy atom. The van der Waals surface area contributed by atoms with E-state index in [1.54, 1.807) is 18.2 Å². The zero-order valence-corrected chi connectivity index (χ0v) is 12.5.